The van der Waals surface area contributed by atoms with Crippen LogP contribution in [0, 0.1) is 11.3 Å². The van der Waals surface area contributed by atoms with Crippen molar-refractivity contribution in [2.24, 2.45) is 0 Å². The summed E-state index contributed by atoms with van der Waals surface area (Å²) in [6.45, 7) is 3.40. The molecule has 0 amide bonds. The van der Waals surface area contributed by atoms with E-state index < -0.39 is 5.97 Å². The third-order valence-corrected chi connectivity index (χ3v) is 1.69. The van der Waals surface area contributed by atoms with Crippen molar-refractivity contribution < 1.29 is 14.3 Å². The number of hydrogen-bond acceptors (Lipinski definition) is 4. The molecule has 0 fully saturated rings. The van der Waals surface area contributed by atoms with Gasteiger partial charge in [0.1, 0.15) is 5.75 Å². The molecule has 0 unspecified atom stereocenters. The van der Waals surface area contributed by atoms with Crippen LogP contribution in [0.1, 0.15) is 19.4 Å². The summed E-state index contributed by atoms with van der Waals surface area (Å²) >= 11 is 0. The zero-order valence-corrected chi connectivity index (χ0v) is 9.27. The lowest BCUT2D eigenvalue weighted by Crippen LogP contribution is -2.18. The first kappa shape index (κ1) is 12.1. The van der Waals surface area contributed by atoms with Crippen LogP contribution in [0.3, 0.4) is 0 Å². The molecule has 0 aliphatic carbocycles. The molecule has 4 nitrogen and oxygen atoms in total. The van der Waals surface area contributed by atoms with E-state index in [1.54, 1.807) is 38.1 Å². The minimum atomic E-state index is -0.419. The smallest absolute Gasteiger partial charge is 0.344 e. The lowest BCUT2D eigenvalue weighted by molar-refractivity contribution is -0.149. The highest BCUT2D eigenvalue weighted by atomic mass is 16.6. The summed E-state index contributed by atoms with van der Waals surface area (Å²) in [5.74, 6) is 0.0668. The van der Waals surface area contributed by atoms with Gasteiger partial charge >= 0.3 is 5.97 Å². The first-order chi connectivity index (χ1) is 7.61. The summed E-state index contributed by atoms with van der Waals surface area (Å²) in [4.78, 5) is 11.2. The Bertz CT molecular complexity index is 407. The van der Waals surface area contributed by atoms with Crippen molar-refractivity contribution in [1.82, 2.24) is 0 Å². The summed E-state index contributed by atoms with van der Waals surface area (Å²) in [6.07, 6.45) is -0.151. The van der Waals surface area contributed by atoms with Gasteiger partial charge in [0.05, 0.1) is 17.7 Å². The van der Waals surface area contributed by atoms with Gasteiger partial charge in [0, 0.05) is 0 Å². The molecule has 0 heterocycles. The number of carbonyl (C=O) groups is 1. The molecule has 1 aromatic carbocycles. The van der Waals surface area contributed by atoms with Crippen LogP contribution in [0.2, 0.25) is 0 Å². The maximum atomic E-state index is 11.2. The second-order valence-electron chi connectivity index (χ2n) is 3.47. The largest absolute Gasteiger partial charge is 0.482 e. The monoisotopic (exact) mass is 219 g/mol. The van der Waals surface area contributed by atoms with E-state index in [1.807, 2.05) is 6.07 Å². The summed E-state index contributed by atoms with van der Waals surface area (Å²) in [6, 6.07) is 8.61. The average Bonchev–Trinajstić information content (AvgIpc) is 2.26. The van der Waals surface area contributed by atoms with Gasteiger partial charge in [-0.1, -0.05) is 6.07 Å². The Kier molecular flexibility index (Phi) is 4.34. The van der Waals surface area contributed by atoms with Gasteiger partial charge in [-0.25, -0.2) is 4.79 Å². The van der Waals surface area contributed by atoms with Crippen LogP contribution >= 0.6 is 0 Å². The molecule has 0 bridgehead atoms. The fourth-order valence-corrected chi connectivity index (χ4v) is 1.09. The first-order valence-corrected chi connectivity index (χ1v) is 4.94. The van der Waals surface area contributed by atoms with Crippen LogP contribution < -0.4 is 4.74 Å². The number of nitrogens with zero attached hydrogens (tertiary/aromatic N) is 1. The minimum absolute atomic E-state index is 0.146. The third-order valence-electron chi connectivity index (χ3n) is 1.69. The van der Waals surface area contributed by atoms with Crippen molar-refractivity contribution >= 4 is 5.97 Å². The molecule has 0 N–H and O–H groups in total. The number of benzene rings is 1. The number of hydrogen-bond donors (Lipinski definition) is 0. The average molecular weight is 219 g/mol. The van der Waals surface area contributed by atoms with E-state index in [9.17, 15) is 4.79 Å². The second-order valence-corrected chi connectivity index (χ2v) is 3.47. The van der Waals surface area contributed by atoms with E-state index in [0.717, 1.165) is 0 Å². The molecule has 0 spiro atoms. The number of carbonyl (C=O) groups excluding carboxylic acids is 1. The Balaban J connectivity index is 2.49. The van der Waals surface area contributed by atoms with Crippen molar-refractivity contribution in [3.8, 4) is 11.8 Å². The molecular weight excluding hydrogens is 206 g/mol. The van der Waals surface area contributed by atoms with E-state index in [1.165, 1.54) is 0 Å². The predicted octanol–water partition coefficient (Wildman–Crippen LogP) is 1.89. The van der Waals surface area contributed by atoms with Crippen molar-refractivity contribution in [2.75, 3.05) is 6.61 Å². The maximum absolute atomic E-state index is 11.2. The standard InChI is InChI=1S/C12H13NO3/c1-9(2)16-12(14)8-15-11-5-3-4-10(6-11)7-13/h3-6,9H,8H2,1-2H3. The second kappa shape index (κ2) is 5.76. The number of rotatable bonds is 4. The maximum Gasteiger partial charge on any atom is 0.344 e. The topological polar surface area (TPSA) is 59.3 Å². The van der Waals surface area contributed by atoms with E-state index in [4.69, 9.17) is 14.7 Å². The predicted molar refractivity (Wildman–Crippen MR) is 57.9 cm³/mol. The van der Waals surface area contributed by atoms with Gasteiger partial charge in [0.25, 0.3) is 0 Å². The molecule has 0 radical (unpaired) electrons. The number of esters is 1. The lowest BCUT2D eigenvalue weighted by atomic mass is 10.2. The molecule has 0 saturated carbocycles. The summed E-state index contributed by atoms with van der Waals surface area (Å²) in [5.41, 5.74) is 0.495. The Morgan fingerprint density at radius 1 is 1.50 bits per heavy atom. The van der Waals surface area contributed by atoms with Gasteiger partial charge in [0.15, 0.2) is 6.61 Å². The summed E-state index contributed by atoms with van der Waals surface area (Å²) in [5, 5.41) is 8.66. The van der Waals surface area contributed by atoms with Crippen molar-refractivity contribution in [1.29, 1.82) is 5.26 Å². The number of ether oxygens (including phenoxy) is 2. The van der Waals surface area contributed by atoms with Gasteiger partial charge in [-0.2, -0.15) is 5.26 Å². The zero-order valence-electron chi connectivity index (χ0n) is 9.27. The number of nitriles is 1. The molecule has 1 aromatic rings. The highest BCUT2D eigenvalue weighted by molar-refractivity contribution is 5.71. The van der Waals surface area contributed by atoms with E-state index in [2.05, 4.69) is 0 Å². The molecule has 0 aromatic heterocycles. The molecule has 0 aliphatic rings. The fourth-order valence-electron chi connectivity index (χ4n) is 1.09. The molecule has 84 valence electrons. The normalized spacial score (nSPS) is 9.62. The molecular formula is C12H13NO3. The van der Waals surface area contributed by atoms with Gasteiger partial charge in [-0.05, 0) is 32.0 Å². The molecule has 0 atom stereocenters. The van der Waals surface area contributed by atoms with Gasteiger partial charge in [0.2, 0.25) is 0 Å². The quantitative estimate of drug-likeness (QED) is 0.725. The molecule has 0 saturated heterocycles. The Morgan fingerprint density at radius 2 is 2.25 bits per heavy atom. The van der Waals surface area contributed by atoms with Crippen LogP contribution in [0.15, 0.2) is 24.3 Å². The Labute approximate surface area is 94.4 Å². The SMILES string of the molecule is CC(C)OC(=O)COc1cccc(C#N)c1. The van der Waals surface area contributed by atoms with E-state index in [-0.39, 0.29) is 12.7 Å². The molecule has 0 aliphatic heterocycles. The van der Waals surface area contributed by atoms with Crippen LogP contribution in [0.4, 0.5) is 0 Å². The summed E-state index contributed by atoms with van der Waals surface area (Å²) < 4.78 is 10.1. The highest BCUT2D eigenvalue weighted by Crippen LogP contribution is 2.12. The minimum Gasteiger partial charge on any atom is -0.482 e. The lowest BCUT2D eigenvalue weighted by Gasteiger charge is -2.09. The third kappa shape index (κ3) is 4.01. The summed E-state index contributed by atoms with van der Waals surface area (Å²) in [7, 11) is 0. The molecule has 16 heavy (non-hydrogen) atoms. The fraction of sp³-hybridized carbons (Fsp3) is 0.333. The molecule has 4 heteroatoms. The molecule has 1 rings (SSSR count). The van der Waals surface area contributed by atoms with Crippen LogP contribution in [0.25, 0.3) is 0 Å². The highest BCUT2D eigenvalue weighted by Gasteiger charge is 2.06. The zero-order chi connectivity index (χ0) is 12.0. The Morgan fingerprint density at radius 3 is 2.88 bits per heavy atom. The van der Waals surface area contributed by atoms with Gasteiger partial charge in [-0.15, -0.1) is 0 Å². The van der Waals surface area contributed by atoms with Crippen LogP contribution in [0.5, 0.6) is 5.75 Å². The van der Waals surface area contributed by atoms with Crippen molar-refractivity contribution in [3.05, 3.63) is 29.8 Å². The Hall–Kier alpha value is -2.02. The van der Waals surface area contributed by atoms with E-state index >= 15 is 0 Å². The van der Waals surface area contributed by atoms with Crippen molar-refractivity contribution in [3.63, 3.8) is 0 Å². The van der Waals surface area contributed by atoms with Gasteiger partial charge in [-0.3, -0.25) is 0 Å². The van der Waals surface area contributed by atoms with Crippen LogP contribution in [-0.2, 0) is 9.53 Å². The van der Waals surface area contributed by atoms with Crippen LogP contribution in [-0.4, -0.2) is 18.7 Å². The van der Waals surface area contributed by atoms with E-state index in [0.29, 0.717) is 11.3 Å². The van der Waals surface area contributed by atoms with Crippen molar-refractivity contribution in [2.45, 2.75) is 20.0 Å². The van der Waals surface area contributed by atoms with Gasteiger partial charge < -0.3 is 9.47 Å². The first-order valence-electron chi connectivity index (χ1n) is 4.94.